The lowest BCUT2D eigenvalue weighted by molar-refractivity contribution is 0.251. The molecule has 2 amide bonds. The number of amides is 2. The van der Waals surface area contributed by atoms with E-state index in [4.69, 9.17) is 5.10 Å². The molecule has 0 aliphatic heterocycles. The van der Waals surface area contributed by atoms with Gasteiger partial charge < -0.3 is 10.2 Å². The summed E-state index contributed by atoms with van der Waals surface area (Å²) in [6.45, 7) is 9.26. The number of benzene rings is 3. The molecule has 0 unspecified atom stereocenters. The first-order valence-corrected chi connectivity index (χ1v) is 14.9. The lowest BCUT2D eigenvalue weighted by Crippen LogP contribution is -2.32. The second kappa shape index (κ2) is 11.6. The fourth-order valence-corrected chi connectivity index (χ4v) is 5.39. The van der Waals surface area contributed by atoms with E-state index in [1.54, 1.807) is 4.68 Å². The number of aromatic nitrogens is 4. The molecule has 0 radical (unpaired) electrons. The first-order chi connectivity index (χ1) is 20.6. The number of fused-ring (bicyclic) bond motifs is 1. The Morgan fingerprint density at radius 3 is 2.58 bits per heavy atom. The molecule has 8 nitrogen and oxygen atoms in total. The van der Waals surface area contributed by atoms with Gasteiger partial charge in [0.25, 0.3) is 0 Å². The van der Waals surface area contributed by atoms with E-state index < -0.39 is 6.03 Å². The fourth-order valence-electron chi connectivity index (χ4n) is 5.39. The van der Waals surface area contributed by atoms with Crippen LogP contribution in [0.4, 0.5) is 26.4 Å². The van der Waals surface area contributed by atoms with E-state index in [1.165, 1.54) is 31.4 Å². The van der Waals surface area contributed by atoms with Crippen molar-refractivity contribution < 1.29 is 9.18 Å². The van der Waals surface area contributed by atoms with Gasteiger partial charge in [-0.2, -0.15) is 10.2 Å². The average Bonchev–Trinajstić information content (AvgIpc) is 3.59. The zero-order valence-electron chi connectivity index (χ0n) is 25.1. The Labute approximate surface area is 251 Å². The van der Waals surface area contributed by atoms with E-state index in [9.17, 15) is 9.18 Å². The van der Waals surface area contributed by atoms with Gasteiger partial charge in [-0.15, -0.1) is 0 Å². The standard InChI is InChI=1S/C34H38FN7O/c1-22-8-11-27(12-9-22)42-32(18-31(40-42)34(2,3)4)38-33(43)36-19-25-16-26(35)10-15-30(25)41(21-23-6-5-7-23)28-13-14-29-24(17-28)20-37-39-29/h8-18,20,23H,5-7,19,21H2,1-4H3,(H,37,39)(H2,36,38,43). The summed E-state index contributed by atoms with van der Waals surface area (Å²) in [5.41, 5.74) is 6.19. The molecule has 3 aromatic carbocycles. The maximum Gasteiger partial charge on any atom is 0.320 e. The molecular formula is C34H38FN7O. The summed E-state index contributed by atoms with van der Waals surface area (Å²) in [6, 6.07) is 20.5. The molecule has 2 heterocycles. The third-order valence-electron chi connectivity index (χ3n) is 8.17. The summed E-state index contributed by atoms with van der Waals surface area (Å²) >= 11 is 0. The van der Waals surface area contributed by atoms with Crippen LogP contribution in [0.3, 0.4) is 0 Å². The van der Waals surface area contributed by atoms with Gasteiger partial charge in [-0.05, 0) is 79.8 Å². The first kappa shape index (κ1) is 28.5. The third kappa shape index (κ3) is 6.26. The zero-order chi connectivity index (χ0) is 30.1. The van der Waals surface area contributed by atoms with Crippen LogP contribution in [-0.2, 0) is 12.0 Å². The number of anilines is 3. The Balaban J connectivity index is 1.26. The number of nitrogens with zero attached hydrogens (tertiary/aromatic N) is 4. The number of halogens is 1. The Kier molecular flexibility index (Phi) is 7.64. The van der Waals surface area contributed by atoms with Crippen LogP contribution in [0.2, 0.25) is 0 Å². The van der Waals surface area contributed by atoms with Gasteiger partial charge in [0.05, 0.1) is 23.1 Å². The Hall–Kier alpha value is -4.66. The molecule has 0 spiro atoms. The highest BCUT2D eigenvalue weighted by atomic mass is 19.1. The number of carbonyl (C=O) groups excluding carboxylic acids is 1. The number of urea groups is 1. The Bertz CT molecular complexity index is 1740. The van der Waals surface area contributed by atoms with Crippen molar-refractivity contribution in [2.45, 2.75) is 58.9 Å². The van der Waals surface area contributed by atoms with Gasteiger partial charge in [0.15, 0.2) is 0 Å². The summed E-state index contributed by atoms with van der Waals surface area (Å²) in [7, 11) is 0. The molecule has 1 aliphatic carbocycles. The molecule has 9 heteroatoms. The number of aryl methyl sites for hydroxylation is 1. The smallest absolute Gasteiger partial charge is 0.320 e. The van der Waals surface area contributed by atoms with Gasteiger partial charge in [0.1, 0.15) is 11.6 Å². The number of hydrogen-bond donors (Lipinski definition) is 3. The minimum absolute atomic E-state index is 0.152. The monoisotopic (exact) mass is 579 g/mol. The van der Waals surface area contributed by atoms with Crippen molar-refractivity contribution in [2.24, 2.45) is 5.92 Å². The normalized spacial score (nSPS) is 13.6. The molecule has 0 bridgehead atoms. The minimum atomic E-state index is -0.394. The lowest BCUT2D eigenvalue weighted by atomic mass is 9.84. The number of nitrogens with one attached hydrogen (secondary N) is 3. The summed E-state index contributed by atoms with van der Waals surface area (Å²) in [5, 5.41) is 18.9. The predicted octanol–water partition coefficient (Wildman–Crippen LogP) is 7.75. The van der Waals surface area contributed by atoms with Gasteiger partial charge in [-0.1, -0.05) is 44.9 Å². The minimum Gasteiger partial charge on any atom is -0.341 e. The van der Waals surface area contributed by atoms with Crippen LogP contribution in [0.25, 0.3) is 16.6 Å². The highest BCUT2D eigenvalue weighted by Crippen LogP contribution is 2.36. The second-order valence-corrected chi connectivity index (χ2v) is 12.5. The molecule has 0 atom stereocenters. The Morgan fingerprint density at radius 1 is 1.07 bits per heavy atom. The molecule has 1 saturated carbocycles. The highest BCUT2D eigenvalue weighted by molar-refractivity contribution is 5.89. The summed E-state index contributed by atoms with van der Waals surface area (Å²) in [6.07, 6.45) is 5.39. The van der Waals surface area contributed by atoms with E-state index >= 15 is 0 Å². The third-order valence-corrected chi connectivity index (χ3v) is 8.17. The fraction of sp³-hybridized carbons (Fsp3) is 0.324. The van der Waals surface area contributed by atoms with E-state index in [-0.39, 0.29) is 17.8 Å². The van der Waals surface area contributed by atoms with Crippen molar-refractivity contribution in [3.8, 4) is 5.69 Å². The van der Waals surface area contributed by atoms with Gasteiger partial charge in [-0.25, -0.2) is 13.9 Å². The van der Waals surface area contributed by atoms with Crippen LogP contribution in [0.5, 0.6) is 0 Å². The van der Waals surface area contributed by atoms with Crippen LogP contribution in [0, 0.1) is 18.7 Å². The topological polar surface area (TPSA) is 90.9 Å². The number of H-pyrrole nitrogens is 1. The van der Waals surface area contributed by atoms with Crippen molar-refractivity contribution in [1.29, 1.82) is 0 Å². The molecule has 5 aromatic rings. The van der Waals surface area contributed by atoms with Crippen molar-refractivity contribution in [3.63, 3.8) is 0 Å². The molecular weight excluding hydrogens is 541 g/mol. The van der Waals surface area contributed by atoms with Crippen molar-refractivity contribution >= 4 is 34.1 Å². The Morgan fingerprint density at radius 2 is 1.86 bits per heavy atom. The number of rotatable bonds is 8. The molecule has 1 fully saturated rings. The van der Waals surface area contributed by atoms with Crippen molar-refractivity contribution in [3.05, 3.63) is 95.6 Å². The van der Waals surface area contributed by atoms with Crippen LogP contribution >= 0.6 is 0 Å². The van der Waals surface area contributed by atoms with Crippen molar-refractivity contribution in [2.75, 3.05) is 16.8 Å². The SMILES string of the molecule is Cc1ccc(-n2nc(C(C)(C)C)cc2NC(=O)NCc2cc(F)ccc2N(CC2CCC2)c2ccc3[nH]ncc3c2)cc1. The lowest BCUT2D eigenvalue weighted by Gasteiger charge is -2.35. The van der Waals surface area contributed by atoms with Gasteiger partial charge >= 0.3 is 6.03 Å². The molecule has 0 saturated heterocycles. The van der Waals surface area contributed by atoms with Gasteiger partial charge in [-0.3, -0.25) is 10.4 Å². The molecule has 3 N–H and O–H groups in total. The van der Waals surface area contributed by atoms with E-state index in [0.29, 0.717) is 17.3 Å². The quantitative estimate of drug-likeness (QED) is 0.175. The van der Waals surface area contributed by atoms with Crippen LogP contribution in [0.1, 0.15) is 56.9 Å². The largest absolute Gasteiger partial charge is 0.341 e. The zero-order valence-corrected chi connectivity index (χ0v) is 25.1. The van der Waals surface area contributed by atoms with E-state index in [0.717, 1.165) is 45.8 Å². The molecule has 2 aromatic heterocycles. The molecule has 222 valence electrons. The molecule has 43 heavy (non-hydrogen) atoms. The van der Waals surface area contributed by atoms with Crippen LogP contribution in [0.15, 0.2) is 72.9 Å². The number of hydrogen-bond acceptors (Lipinski definition) is 4. The van der Waals surface area contributed by atoms with Crippen molar-refractivity contribution in [1.82, 2.24) is 25.3 Å². The van der Waals surface area contributed by atoms with Gasteiger partial charge in [0.2, 0.25) is 0 Å². The van der Waals surface area contributed by atoms with Crippen LogP contribution in [-0.4, -0.2) is 32.6 Å². The van der Waals surface area contributed by atoms with E-state index in [2.05, 4.69) is 58.6 Å². The average molecular weight is 580 g/mol. The molecule has 6 rings (SSSR count). The maximum absolute atomic E-state index is 14.6. The molecule has 1 aliphatic rings. The van der Waals surface area contributed by atoms with E-state index in [1.807, 2.05) is 55.6 Å². The second-order valence-electron chi connectivity index (χ2n) is 12.5. The predicted molar refractivity (Wildman–Crippen MR) is 170 cm³/mol. The summed E-state index contributed by atoms with van der Waals surface area (Å²) in [5.74, 6) is 0.779. The maximum atomic E-state index is 14.6. The number of carbonyl (C=O) groups is 1. The summed E-state index contributed by atoms with van der Waals surface area (Å²) < 4.78 is 16.4. The summed E-state index contributed by atoms with van der Waals surface area (Å²) in [4.78, 5) is 15.5. The van der Waals surface area contributed by atoms with Crippen LogP contribution < -0.4 is 15.5 Å². The number of aromatic amines is 1. The van der Waals surface area contributed by atoms with Gasteiger partial charge in [0, 0.05) is 41.3 Å². The highest BCUT2D eigenvalue weighted by Gasteiger charge is 2.25. The first-order valence-electron chi connectivity index (χ1n) is 14.9.